The van der Waals surface area contributed by atoms with Crippen LogP contribution in [0.3, 0.4) is 0 Å². The van der Waals surface area contributed by atoms with Crippen LogP contribution in [0.25, 0.3) is 0 Å². The zero-order chi connectivity index (χ0) is 18.0. The molecule has 8 heteroatoms. The highest BCUT2D eigenvalue weighted by molar-refractivity contribution is 5.76. The fourth-order valence-corrected chi connectivity index (χ4v) is 3.90. The summed E-state index contributed by atoms with van der Waals surface area (Å²) in [5, 5.41) is 7.60. The van der Waals surface area contributed by atoms with Crippen molar-refractivity contribution in [3.05, 3.63) is 11.8 Å². The zero-order valence-corrected chi connectivity index (χ0v) is 14.8. The average molecular weight is 356 g/mol. The van der Waals surface area contributed by atoms with Gasteiger partial charge in [0.15, 0.2) is 0 Å². The van der Waals surface area contributed by atoms with Gasteiger partial charge in [-0.15, -0.1) is 0 Å². The SMILES string of the molecule is COCCC(=O)N1CCC([C@@H]2C[C@H](C(F)F)n3nc(C)cc3N2)CC1. The quantitative estimate of drug-likeness (QED) is 0.880. The molecule has 1 aromatic rings. The third-order valence-corrected chi connectivity index (χ3v) is 5.27. The first-order chi connectivity index (χ1) is 12.0. The van der Waals surface area contributed by atoms with E-state index < -0.39 is 12.5 Å². The van der Waals surface area contributed by atoms with E-state index in [2.05, 4.69) is 10.4 Å². The third kappa shape index (κ3) is 3.94. The number of nitrogens with zero attached hydrogens (tertiary/aromatic N) is 3. The minimum Gasteiger partial charge on any atom is -0.384 e. The smallest absolute Gasteiger partial charge is 0.260 e. The van der Waals surface area contributed by atoms with E-state index in [9.17, 15) is 13.6 Å². The molecule has 0 spiro atoms. The fourth-order valence-electron chi connectivity index (χ4n) is 3.90. The number of anilines is 1. The Hall–Kier alpha value is -1.70. The van der Waals surface area contributed by atoms with Gasteiger partial charge < -0.3 is 15.0 Å². The second-order valence-corrected chi connectivity index (χ2v) is 6.96. The Kier molecular flexibility index (Phi) is 5.56. The fraction of sp³-hybridized carbons (Fsp3) is 0.765. The lowest BCUT2D eigenvalue weighted by Gasteiger charge is -2.40. The topological polar surface area (TPSA) is 59.4 Å². The molecule has 2 atom stereocenters. The molecule has 0 aromatic carbocycles. The maximum atomic E-state index is 13.5. The number of halogens is 2. The van der Waals surface area contributed by atoms with Crippen molar-refractivity contribution in [1.82, 2.24) is 14.7 Å². The molecule has 0 saturated carbocycles. The van der Waals surface area contributed by atoms with Crippen molar-refractivity contribution in [2.75, 3.05) is 32.1 Å². The van der Waals surface area contributed by atoms with Gasteiger partial charge in [0, 0.05) is 32.3 Å². The first-order valence-corrected chi connectivity index (χ1v) is 8.87. The first-order valence-electron chi connectivity index (χ1n) is 8.87. The number of carbonyl (C=O) groups is 1. The molecule has 140 valence electrons. The summed E-state index contributed by atoms with van der Waals surface area (Å²) in [4.78, 5) is 13.9. The molecule has 1 N–H and O–H groups in total. The van der Waals surface area contributed by atoms with E-state index in [1.54, 1.807) is 7.11 Å². The average Bonchev–Trinajstić information content (AvgIpc) is 2.98. The van der Waals surface area contributed by atoms with Crippen molar-refractivity contribution in [1.29, 1.82) is 0 Å². The van der Waals surface area contributed by atoms with Gasteiger partial charge in [-0.1, -0.05) is 0 Å². The highest BCUT2D eigenvalue weighted by Crippen LogP contribution is 2.36. The third-order valence-electron chi connectivity index (χ3n) is 5.27. The monoisotopic (exact) mass is 356 g/mol. The van der Waals surface area contributed by atoms with Crippen LogP contribution in [0, 0.1) is 12.8 Å². The highest BCUT2D eigenvalue weighted by atomic mass is 19.3. The summed E-state index contributed by atoms with van der Waals surface area (Å²) < 4.78 is 33.3. The van der Waals surface area contributed by atoms with E-state index in [4.69, 9.17) is 4.74 Å². The van der Waals surface area contributed by atoms with Gasteiger partial charge in [-0.2, -0.15) is 5.10 Å². The number of ether oxygens (including phenoxy) is 1. The van der Waals surface area contributed by atoms with Crippen molar-refractivity contribution in [3.8, 4) is 0 Å². The number of aromatic nitrogens is 2. The lowest BCUT2D eigenvalue weighted by Crippen LogP contribution is -2.46. The highest BCUT2D eigenvalue weighted by Gasteiger charge is 2.38. The molecule has 1 aromatic heterocycles. The van der Waals surface area contributed by atoms with Gasteiger partial charge in [-0.25, -0.2) is 13.5 Å². The minimum atomic E-state index is -2.43. The largest absolute Gasteiger partial charge is 0.384 e. The molecular formula is C17H26F2N4O2. The van der Waals surface area contributed by atoms with Gasteiger partial charge in [0.2, 0.25) is 5.91 Å². The number of likely N-dealkylation sites (tertiary alicyclic amines) is 1. The van der Waals surface area contributed by atoms with Crippen LogP contribution in [0.4, 0.5) is 14.6 Å². The van der Waals surface area contributed by atoms with Gasteiger partial charge >= 0.3 is 0 Å². The Morgan fingerprint density at radius 3 is 2.80 bits per heavy atom. The molecule has 3 heterocycles. The summed E-state index contributed by atoms with van der Waals surface area (Å²) in [6, 6.07) is 0.945. The van der Waals surface area contributed by atoms with Crippen LogP contribution in [-0.4, -0.2) is 59.9 Å². The van der Waals surface area contributed by atoms with Crippen molar-refractivity contribution < 1.29 is 18.3 Å². The van der Waals surface area contributed by atoms with Crippen LogP contribution in [0.2, 0.25) is 0 Å². The van der Waals surface area contributed by atoms with Crippen LogP contribution >= 0.6 is 0 Å². The van der Waals surface area contributed by atoms with E-state index in [-0.39, 0.29) is 17.9 Å². The van der Waals surface area contributed by atoms with Crippen LogP contribution < -0.4 is 5.32 Å². The van der Waals surface area contributed by atoms with Gasteiger partial charge in [-0.3, -0.25) is 4.79 Å². The summed E-state index contributed by atoms with van der Waals surface area (Å²) in [7, 11) is 1.58. The summed E-state index contributed by atoms with van der Waals surface area (Å²) in [5.41, 5.74) is 0.743. The Morgan fingerprint density at radius 1 is 1.44 bits per heavy atom. The number of carbonyl (C=O) groups excluding carboxylic acids is 1. The Balaban J connectivity index is 1.61. The predicted octanol–water partition coefficient (Wildman–Crippen LogP) is 2.46. The van der Waals surface area contributed by atoms with E-state index in [1.807, 2.05) is 17.9 Å². The molecule has 1 fully saturated rings. The molecule has 0 bridgehead atoms. The molecule has 1 saturated heterocycles. The molecule has 6 nitrogen and oxygen atoms in total. The normalized spacial score (nSPS) is 24.3. The predicted molar refractivity (Wildman–Crippen MR) is 89.8 cm³/mol. The van der Waals surface area contributed by atoms with Crippen LogP contribution in [0.1, 0.15) is 37.4 Å². The molecule has 1 amide bonds. The van der Waals surface area contributed by atoms with E-state index in [1.165, 1.54) is 4.68 Å². The number of amides is 1. The van der Waals surface area contributed by atoms with Gasteiger partial charge in [-0.05, 0) is 32.1 Å². The lowest BCUT2D eigenvalue weighted by atomic mass is 9.85. The summed E-state index contributed by atoms with van der Waals surface area (Å²) >= 11 is 0. The number of rotatable bonds is 5. The molecule has 2 aliphatic heterocycles. The Bertz CT molecular complexity index is 599. The summed E-state index contributed by atoms with van der Waals surface area (Å²) in [6.07, 6.45) is 0.000238. The number of nitrogens with one attached hydrogen (secondary N) is 1. The number of hydrogen-bond acceptors (Lipinski definition) is 4. The van der Waals surface area contributed by atoms with Crippen molar-refractivity contribution in [2.45, 2.75) is 51.1 Å². The number of fused-ring (bicyclic) bond motifs is 1. The molecule has 25 heavy (non-hydrogen) atoms. The molecule has 0 radical (unpaired) electrons. The Labute approximate surface area is 146 Å². The van der Waals surface area contributed by atoms with Crippen molar-refractivity contribution >= 4 is 11.7 Å². The molecule has 3 rings (SSSR count). The molecule has 2 aliphatic rings. The van der Waals surface area contributed by atoms with E-state index in [0.29, 0.717) is 38.4 Å². The zero-order valence-electron chi connectivity index (χ0n) is 14.8. The van der Waals surface area contributed by atoms with E-state index in [0.717, 1.165) is 18.5 Å². The second-order valence-electron chi connectivity index (χ2n) is 6.96. The number of aryl methyl sites for hydroxylation is 1. The van der Waals surface area contributed by atoms with Crippen LogP contribution in [0.5, 0.6) is 0 Å². The lowest BCUT2D eigenvalue weighted by molar-refractivity contribution is -0.133. The molecule has 0 aliphatic carbocycles. The number of methoxy groups -OCH3 is 1. The molecular weight excluding hydrogens is 330 g/mol. The number of piperidine rings is 1. The van der Waals surface area contributed by atoms with Crippen molar-refractivity contribution in [2.24, 2.45) is 5.92 Å². The number of alkyl halides is 2. The van der Waals surface area contributed by atoms with E-state index >= 15 is 0 Å². The summed E-state index contributed by atoms with van der Waals surface area (Å²) in [5.74, 6) is 1.07. The minimum absolute atomic E-state index is 0.00109. The van der Waals surface area contributed by atoms with Crippen LogP contribution in [0.15, 0.2) is 6.07 Å². The Morgan fingerprint density at radius 2 is 2.16 bits per heavy atom. The first kappa shape index (κ1) is 18.1. The standard InChI is InChI=1S/C17H26F2N4O2/c1-11-9-15-20-13(10-14(17(18)19)23(15)21-11)12-3-6-22(7-4-12)16(24)5-8-25-2/h9,12-14,17,20H,3-8,10H2,1-2H3/t13-,14+/m0/s1. The van der Waals surface area contributed by atoms with Gasteiger partial charge in [0.05, 0.1) is 18.7 Å². The molecule has 0 unspecified atom stereocenters. The van der Waals surface area contributed by atoms with Crippen molar-refractivity contribution in [3.63, 3.8) is 0 Å². The maximum Gasteiger partial charge on any atom is 0.260 e. The van der Waals surface area contributed by atoms with Gasteiger partial charge in [0.25, 0.3) is 6.43 Å². The second kappa shape index (κ2) is 7.68. The number of hydrogen-bond donors (Lipinski definition) is 1. The van der Waals surface area contributed by atoms with Gasteiger partial charge in [0.1, 0.15) is 11.9 Å². The van der Waals surface area contributed by atoms with Crippen LogP contribution in [-0.2, 0) is 9.53 Å². The summed E-state index contributed by atoms with van der Waals surface area (Å²) in [6.45, 7) is 3.61. The maximum absolute atomic E-state index is 13.5.